The van der Waals surface area contributed by atoms with Crippen molar-refractivity contribution in [2.24, 2.45) is 0 Å². The molecule has 1 N–H and O–H groups in total. The topological polar surface area (TPSA) is 33.1 Å². The van der Waals surface area contributed by atoms with Crippen molar-refractivity contribution >= 4 is 15.9 Å². The molecule has 0 unspecified atom stereocenters. The van der Waals surface area contributed by atoms with Gasteiger partial charge in [-0.3, -0.25) is 0 Å². The monoisotopic (exact) mass is 269 g/mol. The van der Waals surface area contributed by atoms with Crippen LogP contribution < -0.4 is 0 Å². The van der Waals surface area contributed by atoms with Gasteiger partial charge in [0.25, 0.3) is 6.43 Å². The van der Waals surface area contributed by atoms with Gasteiger partial charge in [0.15, 0.2) is 0 Å². The minimum Gasteiger partial charge on any atom is -0.392 e. The first-order valence-corrected chi connectivity index (χ1v) is 4.85. The van der Waals surface area contributed by atoms with Gasteiger partial charge in [0.05, 0.1) is 6.61 Å². The number of alkyl halides is 3. The quantitative estimate of drug-likeness (QED) is 0.676. The molecule has 0 aliphatic rings. The highest BCUT2D eigenvalue weighted by atomic mass is 79.9. The molecule has 0 saturated carbocycles. The molecule has 1 aromatic rings. The average Bonchev–Trinajstić information content (AvgIpc) is 2.16. The highest BCUT2D eigenvalue weighted by Gasteiger charge is 2.18. The Morgan fingerprint density at radius 3 is 2.57 bits per heavy atom. The number of rotatable bonds is 3. The van der Waals surface area contributed by atoms with E-state index in [4.69, 9.17) is 5.11 Å². The molecule has 2 nitrogen and oxygen atoms in total. The first kappa shape index (κ1) is 11.5. The molecule has 0 atom stereocenters. The summed E-state index contributed by atoms with van der Waals surface area (Å²) in [6.45, 7) is -0.576. The summed E-state index contributed by atoms with van der Waals surface area (Å²) in [5, 5.41) is 9.05. The van der Waals surface area contributed by atoms with Gasteiger partial charge in [0.2, 0.25) is 5.95 Å². The Morgan fingerprint density at radius 1 is 1.50 bits per heavy atom. The van der Waals surface area contributed by atoms with Gasteiger partial charge >= 0.3 is 0 Å². The lowest BCUT2D eigenvalue weighted by Crippen LogP contribution is -2.05. The Kier molecular flexibility index (Phi) is 3.88. The molecule has 0 saturated heterocycles. The van der Waals surface area contributed by atoms with Crippen molar-refractivity contribution in [1.82, 2.24) is 4.98 Å². The lowest BCUT2D eigenvalue weighted by Gasteiger charge is -2.09. The van der Waals surface area contributed by atoms with Crippen LogP contribution in [0.5, 0.6) is 0 Å². The Balaban J connectivity index is 3.31. The summed E-state index contributed by atoms with van der Waals surface area (Å²) in [7, 11) is 0. The molecule has 0 aromatic carbocycles. The summed E-state index contributed by atoms with van der Waals surface area (Å²) in [6.07, 6.45) is -2.88. The lowest BCUT2D eigenvalue weighted by atomic mass is 10.1. The largest absolute Gasteiger partial charge is 0.392 e. The third kappa shape index (κ3) is 2.24. The van der Waals surface area contributed by atoms with Crippen molar-refractivity contribution < 1.29 is 18.3 Å². The van der Waals surface area contributed by atoms with Crippen LogP contribution in [0.4, 0.5) is 13.2 Å². The molecule has 78 valence electrons. The summed E-state index contributed by atoms with van der Waals surface area (Å²) in [5.41, 5.74) is -0.421. The normalized spacial score (nSPS) is 11.0. The smallest absolute Gasteiger partial charge is 0.280 e. The average molecular weight is 270 g/mol. The fourth-order valence-electron chi connectivity index (χ4n) is 1.09. The van der Waals surface area contributed by atoms with E-state index < -0.39 is 24.7 Å². The fourth-order valence-corrected chi connectivity index (χ4v) is 1.59. The van der Waals surface area contributed by atoms with Crippen LogP contribution in [0.25, 0.3) is 0 Å². The van der Waals surface area contributed by atoms with E-state index in [1.807, 2.05) is 0 Å². The molecule has 0 aliphatic carbocycles. The van der Waals surface area contributed by atoms with Crippen LogP contribution in [-0.4, -0.2) is 10.1 Å². The van der Waals surface area contributed by atoms with Gasteiger partial charge in [-0.25, -0.2) is 13.8 Å². The summed E-state index contributed by atoms with van der Waals surface area (Å²) in [5.74, 6) is -0.966. The Labute approximate surface area is 86.9 Å². The Morgan fingerprint density at radius 2 is 2.14 bits per heavy atom. The van der Waals surface area contributed by atoms with Crippen molar-refractivity contribution in [1.29, 1.82) is 0 Å². The molecule has 0 spiro atoms. The van der Waals surface area contributed by atoms with E-state index >= 15 is 0 Å². The molecule has 1 rings (SSSR count). The van der Waals surface area contributed by atoms with Crippen LogP contribution in [0.2, 0.25) is 0 Å². The van der Waals surface area contributed by atoms with E-state index in [-0.39, 0.29) is 16.5 Å². The highest BCUT2D eigenvalue weighted by molar-refractivity contribution is 9.08. The van der Waals surface area contributed by atoms with E-state index in [9.17, 15) is 13.2 Å². The second-order valence-electron chi connectivity index (χ2n) is 2.56. The second kappa shape index (κ2) is 4.75. The van der Waals surface area contributed by atoms with Gasteiger partial charge in [0.1, 0.15) is 5.69 Å². The van der Waals surface area contributed by atoms with Crippen molar-refractivity contribution in [2.75, 3.05) is 0 Å². The van der Waals surface area contributed by atoms with Crippen LogP contribution in [0.15, 0.2) is 6.07 Å². The molecular weight excluding hydrogens is 263 g/mol. The predicted octanol–water partition coefficient (Wildman–Crippen LogP) is 2.55. The predicted molar refractivity (Wildman–Crippen MR) is 47.7 cm³/mol. The van der Waals surface area contributed by atoms with Crippen molar-refractivity contribution in [3.63, 3.8) is 0 Å². The zero-order valence-corrected chi connectivity index (χ0v) is 8.56. The zero-order valence-electron chi connectivity index (χ0n) is 6.98. The summed E-state index contributed by atoms with van der Waals surface area (Å²) in [6, 6.07) is 1.02. The molecule has 1 aromatic heterocycles. The summed E-state index contributed by atoms with van der Waals surface area (Å²) < 4.78 is 37.5. The van der Waals surface area contributed by atoms with Crippen LogP contribution in [0.1, 0.15) is 23.2 Å². The van der Waals surface area contributed by atoms with E-state index in [1.54, 1.807) is 0 Å². The molecule has 0 bridgehead atoms. The molecular formula is C8H7BrF3NO. The number of aliphatic hydroxyl groups is 1. The van der Waals surface area contributed by atoms with Crippen molar-refractivity contribution in [2.45, 2.75) is 18.4 Å². The van der Waals surface area contributed by atoms with Crippen LogP contribution in [-0.2, 0) is 11.9 Å². The van der Waals surface area contributed by atoms with Crippen LogP contribution in [0, 0.1) is 5.95 Å². The van der Waals surface area contributed by atoms with Crippen LogP contribution in [0.3, 0.4) is 0 Å². The fraction of sp³-hybridized carbons (Fsp3) is 0.375. The number of aromatic nitrogens is 1. The van der Waals surface area contributed by atoms with Gasteiger partial charge in [-0.05, 0) is 11.6 Å². The van der Waals surface area contributed by atoms with E-state index in [1.165, 1.54) is 0 Å². The first-order chi connectivity index (χ1) is 6.60. The SMILES string of the molecule is OCc1c(CBr)cc(F)nc1C(F)F. The van der Waals surface area contributed by atoms with Crippen molar-refractivity contribution in [3.05, 3.63) is 28.8 Å². The molecule has 0 fully saturated rings. The van der Waals surface area contributed by atoms with Crippen molar-refractivity contribution in [3.8, 4) is 0 Å². The third-order valence-electron chi connectivity index (χ3n) is 1.73. The number of hydrogen-bond acceptors (Lipinski definition) is 2. The molecule has 0 amide bonds. The maximum atomic E-state index is 12.7. The first-order valence-electron chi connectivity index (χ1n) is 3.73. The summed E-state index contributed by atoms with van der Waals surface area (Å²) in [4.78, 5) is 3.05. The number of pyridine rings is 1. The second-order valence-corrected chi connectivity index (χ2v) is 3.12. The van der Waals surface area contributed by atoms with Gasteiger partial charge < -0.3 is 5.11 Å². The van der Waals surface area contributed by atoms with Gasteiger partial charge in [-0.15, -0.1) is 0 Å². The third-order valence-corrected chi connectivity index (χ3v) is 2.33. The maximum absolute atomic E-state index is 12.7. The van der Waals surface area contributed by atoms with Gasteiger partial charge in [0, 0.05) is 10.9 Å². The molecule has 6 heteroatoms. The van der Waals surface area contributed by atoms with Crippen LogP contribution >= 0.6 is 15.9 Å². The minimum absolute atomic E-state index is 0.0155. The number of halogens is 4. The van der Waals surface area contributed by atoms with Gasteiger partial charge in [-0.1, -0.05) is 15.9 Å². The molecule has 1 heterocycles. The molecule has 14 heavy (non-hydrogen) atoms. The molecule has 0 radical (unpaired) electrons. The van der Waals surface area contributed by atoms with Gasteiger partial charge in [-0.2, -0.15) is 4.39 Å². The minimum atomic E-state index is -2.88. The Hall–Kier alpha value is -0.620. The molecule has 0 aliphatic heterocycles. The lowest BCUT2D eigenvalue weighted by molar-refractivity contribution is 0.140. The highest BCUT2D eigenvalue weighted by Crippen LogP contribution is 2.25. The van der Waals surface area contributed by atoms with E-state index in [0.717, 1.165) is 6.07 Å². The van der Waals surface area contributed by atoms with E-state index in [0.29, 0.717) is 0 Å². The standard InChI is InChI=1S/C8H7BrF3NO/c9-2-4-1-6(10)13-7(8(11)12)5(4)3-14/h1,8,14H,2-3H2. The summed E-state index contributed by atoms with van der Waals surface area (Å²) >= 11 is 3.02. The Bertz CT molecular complexity index is 333. The number of aliphatic hydroxyl groups excluding tert-OH is 1. The zero-order chi connectivity index (χ0) is 10.7. The number of nitrogens with zero attached hydrogens (tertiary/aromatic N) is 1. The maximum Gasteiger partial charge on any atom is 0.280 e. The number of hydrogen-bond donors (Lipinski definition) is 1. The van der Waals surface area contributed by atoms with E-state index in [2.05, 4.69) is 20.9 Å².